The fourth-order valence-electron chi connectivity index (χ4n) is 0.482. The summed E-state index contributed by atoms with van der Waals surface area (Å²) in [6.45, 7) is 0. The lowest BCUT2D eigenvalue weighted by Gasteiger charge is -1.94. The third-order valence-corrected chi connectivity index (χ3v) is 0.887. The van der Waals surface area contributed by atoms with Gasteiger partial charge in [0.25, 0.3) is 0 Å². The average Bonchev–Trinajstić information content (AvgIpc) is 1.80. The van der Waals surface area contributed by atoms with E-state index >= 15 is 0 Å². The van der Waals surface area contributed by atoms with Gasteiger partial charge in [-0.25, -0.2) is 4.98 Å². The number of pyridine rings is 1. The van der Waals surface area contributed by atoms with Gasteiger partial charge in [-0.05, 0) is 11.5 Å². The van der Waals surface area contributed by atoms with Crippen molar-refractivity contribution < 1.29 is 4.39 Å². The van der Waals surface area contributed by atoms with E-state index in [0.29, 0.717) is 5.69 Å². The van der Waals surface area contributed by atoms with Crippen molar-refractivity contribution in [2.24, 2.45) is 0 Å². The molecule has 0 unspecified atom stereocenters. The fourth-order valence-corrected chi connectivity index (χ4v) is 0.482. The van der Waals surface area contributed by atoms with Gasteiger partial charge in [0.2, 0.25) is 5.95 Å². The lowest BCUT2D eigenvalue weighted by atomic mass is 9.98. The van der Waals surface area contributed by atoms with Crippen LogP contribution in [0.1, 0.15) is 0 Å². The van der Waals surface area contributed by atoms with Crippen LogP contribution in [0, 0.1) is 5.95 Å². The second-order valence-electron chi connectivity index (χ2n) is 1.65. The topological polar surface area (TPSA) is 38.9 Å². The van der Waals surface area contributed by atoms with Crippen LogP contribution in [0.15, 0.2) is 12.3 Å². The highest BCUT2D eigenvalue weighted by atomic mass is 19.1. The minimum atomic E-state index is -0.677. The zero-order valence-electron chi connectivity index (χ0n) is 4.63. The highest BCUT2D eigenvalue weighted by Crippen LogP contribution is 1.94. The number of aromatic nitrogens is 1. The molecule has 2 nitrogen and oxygen atoms in total. The highest BCUT2D eigenvalue weighted by Gasteiger charge is 1.94. The van der Waals surface area contributed by atoms with Crippen molar-refractivity contribution in [2.45, 2.75) is 0 Å². The van der Waals surface area contributed by atoms with Gasteiger partial charge in [-0.1, -0.05) is 0 Å². The first-order valence-electron chi connectivity index (χ1n) is 2.36. The standard InChI is InChI=1S/C5H4BFN2/c6-4-1-3(8)2-9-5(4)7/h1-2H,8H2. The summed E-state index contributed by atoms with van der Waals surface area (Å²) in [5.74, 6) is -0.677. The molecule has 4 heteroatoms. The SMILES string of the molecule is [B]c1cc(N)cnc1F. The summed E-state index contributed by atoms with van der Waals surface area (Å²) >= 11 is 0. The van der Waals surface area contributed by atoms with Gasteiger partial charge in [0.15, 0.2) is 0 Å². The third kappa shape index (κ3) is 1.19. The number of halogens is 1. The van der Waals surface area contributed by atoms with Crippen LogP contribution in [0.25, 0.3) is 0 Å². The largest absolute Gasteiger partial charge is 0.397 e. The maximum atomic E-state index is 12.2. The third-order valence-electron chi connectivity index (χ3n) is 0.887. The van der Waals surface area contributed by atoms with Crippen molar-refractivity contribution in [3.8, 4) is 0 Å². The second kappa shape index (κ2) is 2.05. The molecule has 0 aliphatic carbocycles. The predicted octanol–water partition coefficient (Wildman–Crippen LogP) is -0.403. The molecule has 1 rings (SSSR count). The Kier molecular flexibility index (Phi) is 1.38. The Morgan fingerprint density at radius 1 is 1.67 bits per heavy atom. The van der Waals surface area contributed by atoms with Crippen LogP contribution in [-0.4, -0.2) is 12.8 Å². The first-order chi connectivity index (χ1) is 4.20. The monoisotopic (exact) mass is 122 g/mol. The summed E-state index contributed by atoms with van der Waals surface area (Å²) in [7, 11) is 5.10. The van der Waals surface area contributed by atoms with Gasteiger partial charge < -0.3 is 5.73 Å². The van der Waals surface area contributed by atoms with Crippen LogP contribution in [0.5, 0.6) is 0 Å². The van der Waals surface area contributed by atoms with Crippen molar-refractivity contribution in [2.75, 3.05) is 5.73 Å². The summed E-state index contributed by atoms with van der Waals surface area (Å²) in [6, 6.07) is 1.32. The van der Waals surface area contributed by atoms with E-state index in [0.717, 1.165) is 0 Å². The predicted molar refractivity (Wildman–Crippen MR) is 34.0 cm³/mol. The Hall–Kier alpha value is -1.06. The maximum Gasteiger partial charge on any atom is 0.205 e. The van der Waals surface area contributed by atoms with Crippen molar-refractivity contribution in [1.82, 2.24) is 4.98 Å². The van der Waals surface area contributed by atoms with Crippen molar-refractivity contribution in [1.29, 1.82) is 0 Å². The molecule has 0 aliphatic heterocycles. The molecule has 0 amide bonds. The van der Waals surface area contributed by atoms with Gasteiger partial charge >= 0.3 is 0 Å². The van der Waals surface area contributed by atoms with E-state index in [2.05, 4.69) is 4.98 Å². The molecule has 2 N–H and O–H groups in total. The number of rotatable bonds is 0. The van der Waals surface area contributed by atoms with Crippen LogP contribution in [0.4, 0.5) is 10.1 Å². The molecule has 1 aromatic heterocycles. The van der Waals surface area contributed by atoms with Crippen LogP contribution >= 0.6 is 0 Å². The van der Waals surface area contributed by atoms with Crippen LogP contribution < -0.4 is 11.2 Å². The molecular formula is C5H4BFN2. The van der Waals surface area contributed by atoms with Crippen molar-refractivity contribution in [3.05, 3.63) is 18.2 Å². The van der Waals surface area contributed by atoms with Crippen molar-refractivity contribution >= 4 is 19.0 Å². The van der Waals surface area contributed by atoms with E-state index in [-0.39, 0.29) is 5.46 Å². The van der Waals surface area contributed by atoms with E-state index in [1.165, 1.54) is 12.3 Å². The molecular weight excluding hydrogens is 118 g/mol. The highest BCUT2D eigenvalue weighted by molar-refractivity contribution is 6.32. The Bertz CT molecular complexity index is 226. The van der Waals surface area contributed by atoms with Gasteiger partial charge in [0, 0.05) is 5.69 Å². The normalized spacial score (nSPS) is 9.44. The zero-order valence-corrected chi connectivity index (χ0v) is 4.63. The summed E-state index contributed by atoms with van der Waals surface area (Å²) < 4.78 is 12.2. The Morgan fingerprint density at radius 2 is 2.33 bits per heavy atom. The summed E-state index contributed by atoms with van der Waals surface area (Å²) in [4.78, 5) is 3.26. The zero-order chi connectivity index (χ0) is 6.85. The lowest BCUT2D eigenvalue weighted by Crippen LogP contribution is -2.11. The molecule has 0 saturated heterocycles. The van der Waals surface area contributed by atoms with E-state index in [1.807, 2.05) is 0 Å². The molecule has 0 fully saturated rings. The first-order valence-corrected chi connectivity index (χ1v) is 2.36. The molecule has 0 aromatic carbocycles. The van der Waals surface area contributed by atoms with Crippen LogP contribution in [0.2, 0.25) is 0 Å². The van der Waals surface area contributed by atoms with E-state index in [1.54, 1.807) is 0 Å². The fraction of sp³-hybridized carbons (Fsp3) is 0. The van der Waals surface area contributed by atoms with Gasteiger partial charge in [-0.15, -0.1) is 0 Å². The molecule has 9 heavy (non-hydrogen) atoms. The minimum absolute atomic E-state index is 0.0185. The molecule has 0 spiro atoms. The molecule has 0 saturated carbocycles. The Labute approximate surface area is 53.3 Å². The van der Waals surface area contributed by atoms with Gasteiger partial charge in [-0.2, -0.15) is 4.39 Å². The number of nitrogen functional groups attached to an aromatic ring is 1. The van der Waals surface area contributed by atoms with E-state index in [4.69, 9.17) is 13.6 Å². The number of nitrogens with two attached hydrogens (primary N) is 1. The van der Waals surface area contributed by atoms with E-state index in [9.17, 15) is 4.39 Å². The molecule has 2 radical (unpaired) electrons. The minimum Gasteiger partial charge on any atom is -0.397 e. The lowest BCUT2D eigenvalue weighted by molar-refractivity contribution is 0.593. The molecule has 0 bridgehead atoms. The quantitative estimate of drug-likeness (QED) is 0.375. The Morgan fingerprint density at radius 3 is 2.78 bits per heavy atom. The molecule has 1 heterocycles. The van der Waals surface area contributed by atoms with Crippen LogP contribution in [-0.2, 0) is 0 Å². The van der Waals surface area contributed by atoms with Gasteiger partial charge in [0.1, 0.15) is 7.85 Å². The van der Waals surface area contributed by atoms with Crippen molar-refractivity contribution in [3.63, 3.8) is 0 Å². The van der Waals surface area contributed by atoms with Gasteiger partial charge in [0.05, 0.1) is 6.20 Å². The molecule has 1 aromatic rings. The van der Waals surface area contributed by atoms with Gasteiger partial charge in [-0.3, -0.25) is 0 Å². The number of hydrogen-bond acceptors (Lipinski definition) is 2. The summed E-state index contributed by atoms with van der Waals surface area (Å²) in [5.41, 5.74) is 5.57. The summed E-state index contributed by atoms with van der Waals surface area (Å²) in [6.07, 6.45) is 1.21. The average molecular weight is 122 g/mol. The maximum absolute atomic E-state index is 12.2. The second-order valence-corrected chi connectivity index (χ2v) is 1.65. The Balaban J connectivity index is 3.17. The molecule has 0 aliphatic rings. The smallest absolute Gasteiger partial charge is 0.205 e. The summed E-state index contributed by atoms with van der Waals surface area (Å²) in [5, 5.41) is 0. The molecule has 0 atom stereocenters. The first kappa shape index (κ1) is 6.07. The number of hydrogen-bond donors (Lipinski definition) is 1. The number of anilines is 1. The molecule has 44 valence electrons. The van der Waals surface area contributed by atoms with E-state index < -0.39 is 5.95 Å². The number of nitrogens with zero attached hydrogens (tertiary/aromatic N) is 1. The van der Waals surface area contributed by atoms with Crippen LogP contribution in [0.3, 0.4) is 0 Å².